The number of thiazole rings is 1. The van der Waals surface area contributed by atoms with E-state index in [0.29, 0.717) is 23.3 Å². The standard InChI is InChI=1S/C24H31N5O2S/c1-16(2)29-20(15-27(3)4)25-22-21(23(29)31)26-24(32-22)28-14-8-11-18(28)19(30)13-12-17-9-6-5-7-10-17/h5-7,9-10,16,18H,8,11-15H2,1-4H3/t18-/m1/s1. The Morgan fingerprint density at radius 2 is 1.97 bits per heavy atom. The molecular weight excluding hydrogens is 422 g/mol. The largest absolute Gasteiger partial charge is 0.338 e. The third-order valence-electron chi connectivity index (χ3n) is 5.88. The fraction of sp³-hybridized carbons (Fsp3) is 0.500. The maximum Gasteiger partial charge on any atom is 0.281 e. The Morgan fingerprint density at radius 3 is 2.66 bits per heavy atom. The van der Waals surface area contributed by atoms with Crippen molar-refractivity contribution < 1.29 is 4.79 Å². The first-order valence-corrected chi connectivity index (χ1v) is 12.1. The van der Waals surface area contributed by atoms with E-state index < -0.39 is 0 Å². The van der Waals surface area contributed by atoms with Crippen molar-refractivity contribution in [1.29, 1.82) is 0 Å². The summed E-state index contributed by atoms with van der Waals surface area (Å²) in [5.41, 5.74) is 1.48. The van der Waals surface area contributed by atoms with Gasteiger partial charge in [0.05, 0.1) is 12.6 Å². The van der Waals surface area contributed by atoms with Gasteiger partial charge in [-0.25, -0.2) is 9.97 Å². The average Bonchev–Trinajstić information content (AvgIpc) is 3.39. The van der Waals surface area contributed by atoms with Gasteiger partial charge in [0.25, 0.3) is 5.56 Å². The predicted molar refractivity (Wildman–Crippen MR) is 130 cm³/mol. The van der Waals surface area contributed by atoms with E-state index in [2.05, 4.69) is 17.0 Å². The molecule has 3 heterocycles. The minimum Gasteiger partial charge on any atom is -0.338 e. The highest BCUT2D eigenvalue weighted by Crippen LogP contribution is 2.32. The summed E-state index contributed by atoms with van der Waals surface area (Å²) in [5, 5.41) is 0.734. The van der Waals surface area contributed by atoms with Crippen LogP contribution in [0.2, 0.25) is 0 Å². The first-order chi connectivity index (χ1) is 15.3. The number of Topliss-reactive ketones (excluding diaryl/α,β-unsaturated/α-hetero) is 1. The van der Waals surface area contributed by atoms with E-state index >= 15 is 0 Å². The number of fused-ring (bicyclic) bond motifs is 1. The Labute approximate surface area is 192 Å². The number of benzene rings is 1. The molecule has 0 amide bonds. The number of anilines is 1. The molecule has 32 heavy (non-hydrogen) atoms. The lowest BCUT2D eigenvalue weighted by Gasteiger charge is -2.22. The van der Waals surface area contributed by atoms with Gasteiger partial charge in [-0.05, 0) is 52.8 Å². The number of aromatic nitrogens is 3. The predicted octanol–water partition coefficient (Wildman–Crippen LogP) is 3.67. The van der Waals surface area contributed by atoms with E-state index in [9.17, 15) is 9.59 Å². The molecule has 8 heteroatoms. The summed E-state index contributed by atoms with van der Waals surface area (Å²) in [5.74, 6) is 0.987. The number of carbonyl (C=O) groups is 1. The van der Waals surface area contributed by atoms with Crippen LogP contribution in [0.3, 0.4) is 0 Å². The van der Waals surface area contributed by atoms with E-state index in [1.807, 2.05) is 51.0 Å². The highest BCUT2D eigenvalue weighted by Gasteiger charge is 2.33. The second-order valence-electron chi connectivity index (χ2n) is 8.99. The molecule has 1 atom stereocenters. The zero-order valence-electron chi connectivity index (χ0n) is 19.2. The first kappa shape index (κ1) is 22.6. The van der Waals surface area contributed by atoms with Gasteiger partial charge in [-0.15, -0.1) is 0 Å². The van der Waals surface area contributed by atoms with Crippen molar-refractivity contribution in [2.75, 3.05) is 25.5 Å². The molecule has 7 nitrogen and oxygen atoms in total. The fourth-order valence-electron chi connectivity index (χ4n) is 4.38. The summed E-state index contributed by atoms with van der Waals surface area (Å²) in [7, 11) is 3.93. The van der Waals surface area contributed by atoms with Crippen LogP contribution in [-0.2, 0) is 17.8 Å². The third kappa shape index (κ3) is 4.61. The van der Waals surface area contributed by atoms with Crippen LogP contribution < -0.4 is 10.5 Å². The summed E-state index contributed by atoms with van der Waals surface area (Å²) in [4.78, 5) is 40.5. The van der Waals surface area contributed by atoms with E-state index in [4.69, 9.17) is 9.97 Å². The molecule has 1 aromatic carbocycles. The molecule has 1 saturated heterocycles. The Kier molecular flexibility index (Phi) is 6.71. The number of ketones is 1. The van der Waals surface area contributed by atoms with Crippen LogP contribution in [0.25, 0.3) is 10.3 Å². The Balaban J connectivity index is 1.61. The van der Waals surface area contributed by atoms with Crippen LogP contribution >= 0.6 is 11.3 Å². The minimum atomic E-state index is -0.173. The number of hydrogen-bond donors (Lipinski definition) is 0. The SMILES string of the molecule is CC(C)n1c(CN(C)C)nc2sc(N3CCC[C@@H]3C(=O)CCc3ccccc3)nc2c1=O. The smallest absolute Gasteiger partial charge is 0.281 e. The zero-order valence-corrected chi connectivity index (χ0v) is 20.1. The van der Waals surface area contributed by atoms with Gasteiger partial charge in [0.15, 0.2) is 21.3 Å². The van der Waals surface area contributed by atoms with Crippen LogP contribution in [-0.4, -0.2) is 51.9 Å². The Hall–Kier alpha value is -2.58. The lowest BCUT2D eigenvalue weighted by atomic mass is 10.0. The van der Waals surface area contributed by atoms with Crippen molar-refractivity contribution in [2.24, 2.45) is 0 Å². The van der Waals surface area contributed by atoms with Crippen molar-refractivity contribution in [3.63, 3.8) is 0 Å². The highest BCUT2D eigenvalue weighted by molar-refractivity contribution is 7.21. The van der Waals surface area contributed by atoms with Crippen LogP contribution in [0.1, 0.15) is 50.5 Å². The topological polar surface area (TPSA) is 71.3 Å². The average molecular weight is 454 g/mol. The molecule has 0 saturated carbocycles. The molecule has 2 aromatic heterocycles. The molecule has 0 aliphatic carbocycles. The Morgan fingerprint density at radius 1 is 1.22 bits per heavy atom. The van der Waals surface area contributed by atoms with Crippen molar-refractivity contribution in [2.45, 2.75) is 58.2 Å². The maximum absolute atomic E-state index is 13.2. The maximum atomic E-state index is 13.2. The highest BCUT2D eigenvalue weighted by atomic mass is 32.1. The van der Waals surface area contributed by atoms with E-state index in [1.165, 1.54) is 16.9 Å². The van der Waals surface area contributed by atoms with Crippen LogP contribution in [0.4, 0.5) is 5.13 Å². The number of nitrogens with zero attached hydrogens (tertiary/aromatic N) is 5. The molecule has 1 aliphatic heterocycles. The van der Waals surface area contributed by atoms with Gasteiger partial charge in [0.2, 0.25) is 0 Å². The van der Waals surface area contributed by atoms with Crippen molar-refractivity contribution in [1.82, 2.24) is 19.4 Å². The van der Waals surface area contributed by atoms with Gasteiger partial charge < -0.3 is 9.80 Å². The summed E-state index contributed by atoms with van der Waals surface area (Å²) in [6.45, 7) is 5.35. The summed E-state index contributed by atoms with van der Waals surface area (Å²) in [6, 6.07) is 9.94. The molecule has 4 rings (SSSR count). The van der Waals surface area contributed by atoms with Gasteiger partial charge in [-0.3, -0.25) is 14.2 Å². The molecule has 0 radical (unpaired) electrons. The lowest BCUT2D eigenvalue weighted by molar-refractivity contribution is -0.120. The number of carbonyl (C=O) groups excluding carboxylic acids is 1. The van der Waals surface area contributed by atoms with E-state index in [-0.39, 0.29) is 23.4 Å². The van der Waals surface area contributed by atoms with Gasteiger partial charge in [-0.2, -0.15) is 0 Å². The quantitative estimate of drug-likeness (QED) is 0.518. The van der Waals surface area contributed by atoms with Crippen molar-refractivity contribution in [3.05, 3.63) is 52.1 Å². The molecule has 1 fully saturated rings. The van der Waals surface area contributed by atoms with Crippen LogP contribution in [0.15, 0.2) is 35.1 Å². The number of aryl methyl sites for hydroxylation is 1. The molecule has 3 aromatic rings. The van der Waals surface area contributed by atoms with Crippen LogP contribution in [0, 0.1) is 0 Å². The normalized spacial score (nSPS) is 16.6. The van der Waals surface area contributed by atoms with Crippen molar-refractivity contribution in [3.8, 4) is 0 Å². The van der Waals surface area contributed by atoms with Crippen LogP contribution in [0.5, 0.6) is 0 Å². The number of hydrogen-bond acceptors (Lipinski definition) is 7. The van der Waals surface area contributed by atoms with Crippen molar-refractivity contribution >= 4 is 32.6 Å². The minimum absolute atomic E-state index is 0.00130. The molecule has 0 unspecified atom stereocenters. The van der Waals surface area contributed by atoms with Gasteiger partial charge >= 0.3 is 0 Å². The van der Waals surface area contributed by atoms with Gasteiger partial charge in [0.1, 0.15) is 5.82 Å². The fourth-order valence-corrected chi connectivity index (χ4v) is 5.40. The lowest BCUT2D eigenvalue weighted by Crippen LogP contribution is -2.36. The Bertz CT molecular complexity index is 1150. The summed E-state index contributed by atoms with van der Waals surface area (Å²) in [6.07, 6.45) is 3.05. The monoisotopic (exact) mass is 453 g/mol. The molecule has 0 bridgehead atoms. The zero-order chi connectivity index (χ0) is 22.8. The molecular formula is C24H31N5O2S. The second kappa shape index (κ2) is 9.50. The molecule has 0 N–H and O–H groups in total. The van der Waals surface area contributed by atoms with Gasteiger partial charge in [0, 0.05) is 19.0 Å². The van der Waals surface area contributed by atoms with Gasteiger partial charge in [-0.1, -0.05) is 41.7 Å². The number of rotatable bonds is 8. The van der Waals surface area contributed by atoms with E-state index in [1.54, 1.807) is 4.57 Å². The summed E-state index contributed by atoms with van der Waals surface area (Å²) >= 11 is 1.43. The third-order valence-corrected chi connectivity index (χ3v) is 6.86. The summed E-state index contributed by atoms with van der Waals surface area (Å²) < 4.78 is 1.73. The first-order valence-electron chi connectivity index (χ1n) is 11.2. The molecule has 170 valence electrons. The second-order valence-corrected chi connectivity index (χ2v) is 9.94. The molecule has 0 spiro atoms. The molecule has 1 aliphatic rings. The van der Waals surface area contributed by atoms with E-state index in [0.717, 1.165) is 36.8 Å².